The van der Waals surface area contributed by atoms with E-state index in [1.165, 1.54) is 13.2 Å². The Kier molecular flexibility index (Phi) is 7.05. The summed E-state index contributed by atoms with van der Waals surface area (Å²) in [4.78, 5) is 11.8. The number of methoxy groups -OCH3 is 1. The second kappa shape index (κ2) is 9.50. The van der Waals surface area contributed by atoms with Gasteiger partial charge in [-0.15, -0.1) is 0 Å². The standard InChI is InChI=1S/C19H16BrNO4/c1-23-18-12-14(6-8-17(18)24-11-10-21)7-9-19(22)25-13-15-4-2-3-5-16(15)20/h2-9,12H,11,13H2,1H3/b9-7+. The van der Waals surface area contributed by atoms with Crippen LogP contribution in [0.4, 0.5) is 0 Å². The maximum atomic E-state index is 11.8. The van der Waals surface area contributed by atoms with Gasteiger partial charge in [0.05, 0.1) is 7.11 Å². The molecule has 0 aliphatic heterocycles. The summed E-state index contributed by atoms with van der Waals surface area (Å²) in [5.41, 5.74) is 1.64. The van der Waals surface area contributed by atoms with Crippen LogP contribution in [-0.2, 0) is 16.1 Å². The van der Waals surface area contributed by atoms with Crippen LogP contribution in [0.5, 0.6) is 11.5 Å². The molecule has 0 radical (unpaired) electrons. The SMILES string of the molecule is COc1cc(/C=C/C(=O)OCc2ccccc2Br)ccc1OCC#N. The predicted molar refractivity (Wildman–Crippen MR) is 97.1 cm³/mol. The number of nitriles is 1. The monoisotopic (exact) mass is 401 g/mol. The van der Waals surface area contributed by atoms with Crippen LogP contribution in [0, 0.1) is 11.3 Å². The molecule has 0 bridgehead atoms. The summed E-state index contributed by atoms with van der Waals surface area (Å²) >= 11 is 3.41. The van der Waals surface area contributed by atoms with E-state index in [4.69, 9.17) is 19.5 Å². The van der Waals surface area contributed by atoms with Crippen LogP contribution < -0.4 is 9.47 Å². The quantitative estimate of drug-likeness (QED) is 0.515. The fourth-order valence-electron chi connectivity index (χ4n) is 1.99. The van der Waals surface area contributed by atoms with Gasteiger partial charge in [0.15, 0.2) is 18.1 Å². The predicted octanol–water partition coefficient (Wildman–Crippen LogP) is 4.12. The molecule has 0 heterocycles. The van der Waals surface area contributed by atoms with Crippen LogP contribution in [0.2, 0.25) is 0 Å². The first kappa shape index (κ1) is 18.6. The normalized spacial score (nSPS) is 10.3. The molecule has 2 rings (SSSR count). The van der Waals surface area contributed by atoms with Crippen LogP contribution in [0.3, 0.4) is 0 Å². The van der Waals surface area contributed by atoms with Crippen LogP contribution >= 0.6 is 15.9 Å². The van der Waals surface area contributed by atoms with Crippen molar-refractivity contribution in [1.82, 2.24) is 0 Å². The molecule has 0 fully saturated rings. The van der Waals surface area contributed by atoms with E-state index in [0.717, 1.165) is 15.6 Å². The number of ether oxygens (including phenoxy) is 3. The number of benzene rings is 2. The molecule has 128 valence electrons. The molecule has 6 heteroatoms. The third-order valence-electron chi connectivity index (χ3n) is 3.22. The Hall–Kier alpha value is -2.78. The number of hydrogen-bond acceptors (Lipinski definition) is 5. The number of carbonyl (C=O) groups is 1. The van der Waals surface area contributed by atoms with Gasteiger partial charge < -0.3 is 14.2 Å². The number of nitrogens with zero attached hydrogens (tertiary/aromatic N) is 1. The lowest BCUT2D eigenvalue weighted by Gasteiger charge is -2.08. The number of esters is 1. The smallest absolute Gasteiger partial charge is 0.331 e. The van der Waals surface area contributed by atoms with Gasteiger partial charge in [-0.2, -0.15) is 5.26 Å². The van der Waals surface area contributed by atoms with Crippen molar-refractivity contribution in [3.05, 3.63) is 64.1 Å². The van der Waals surface area contributed by atoms with Crippen LogP contribution in [0.1, 0.15) is 11.1 Å². The van der Waals surface area contributed by atoms with E-state index < -0.39 is 5.97 Å². The second-order valence-electron chi connectivity index (χ2n) is 4.89. The van der Waals surface area contributed by atoms with E-state index in [0.29, 0.717) is 11.5 Å². The number of hydrogen-bond donors (Lipinski definition) is 0. The minimum absolute atomic E-state index is 0.0626. The summed E-state index contributed by atoms with van der Waals surface area (Å²) in [5, 5.41) is 8.56. The van der Waals surface area contributed by atoms with Crippen LogP contribution in [-0.4, -0.2) is 19.7 Å². The lowest BCUT2D eigenvalue weighted by atomic mass is 10.2. The maximum absolute atomic E-state index is 11.8. The Morgan fingerprint density at radius 1 is 1.24 bits per heavy atom. The number of halogens is 1. The molecule has 25 heavy (non-hydrogen) atoms. The van der Waals surface area contributed by atoms with Crippen molar-refractivity contribution in [3.8, 4) is 17.6 Å². The number of carbonyl (C=O) groups excluding carboxylic acids is 1. The molecule has 5 nitrogen and oxygen atoms in total. The highest BCUT2D eigenvalue weighted by atomic mass is 79.9. The van der Waals surface area contributed by atoms with Crippen molar-refractivity contribution in [2.24, 2.45) is 0 Å². The zero-order valence-corrected chi connectivity index (χ0v) is 15.2. The Morgan fingerprint density at radius 2 is 2.04 bits per heavy atom. The van der Waals surface area contributed by atoms with Gasteiger partial charge in [0.2, 0.25) is 0 Å². The summed E-state index contributed by atoms with van der Waals surface area (Å²) in [6.07, 6.45) is 2.97. The van der Waals surface area contributed by atoms with E-state index in [-0.39, 0.29) is 13.2 Å². The van der Waals surface area contributed by atoms with Gasteiger partial charge in [-0.25, -0.2) is 4.79 Å². The molecule has 0 atom stereocenters. The molecule has 0 amide bonds. The molecule has 2 aromatic rings. The molecule has 0 spiro atoms. The van der Waals surface area contributed by atoms with Crippen LogP contribution in [0.15, 0.2) is 53.0 Å². The van der Waals surface area contributed by atoms with Crippen molar-refractivity contribution in [1.29, 1.82) is 5.26 Å². The molecular weight excluding hydrogens is 386 g/mol. The van der Waals surface area contributed by atoms with Crippen molar-refractivity contribution in [2.75, 3.05) is 13.7 Å². The fraction of sp³-hybridized carbons (Fsp3) is 0.158. The average Bonchev–Trinajstić information content (AvgIpc) is 2.64. The molecule has 0 N–H and O–H groups in total. The highest BCUT2D eigenvalue weighted by molar-refractivity contribution is 9.10. The Labute approximate surface area is 154 Å². The van der Waals surface area contributed by atoms with Crippen molar-refractivity contribution in [2.45, 2.75) is 6.61 Å². The third-order valence-corrected chi connectivity index (χ3v) is 3.99. The minimum Gasteiger partial charge on any atom is -0.493 e. The topological polar surface area (TPSA) is 68.6 Å². The molecular formula is C19H16BrNO4. The average molecular weight is 402 g/mol. The zero-order chi connectivity index (χ0) is 18.1. The van der Waals surface area contributed by atoms with E-state index in [1.54, 1.807) is 24.3 Å². The van der Waals surface area contributed by atoms with Gasteiger partial charge in [0.25, 0.3) is 0 Å². The van der Waals surface area contributed by atoms with Gasteiger partial charge >= 0.3 is 5.97 Å². The van der Waals surface area contributed by atoms with Crippen molar-refractivity contribution < 1.29 is 19.0 Å². The Bertz CT molecular complexity index is 811. The summed E-state index contributed by atoms with van der Waals surface area (Å²) < 4.78 is 16.6. The molecule has 0 unspecified atom stereocenters. The second-order valence-corrected chi connectivity index (χ2v) is 5.74. The fourth-order valence-corrected chi connectivity index (χ4v) is 2.39. The maximum Gasteiger partial charge on any atom is 0.331 e. The molecule has 0 aromatic heterocycles. The van der Waals surface area contributed by atoms with E-state index in [1.807, 2.05) is 30.3 Å². The molecule has 0 saturated heterocycles. The van der Waals surface area contributed by atoms with Crippen molar-refractivity contribution in [3.63, 3.8) is 0 Å². The summed E-state index contributed by atoms with van der Waals surface area (Å²) in [5.74, 6) is 0.510. The third kappa shape index (κ3) is 5.66. The largest absolute Gasteiger partial charge is 0.493 e. The van der Waals surface area contributed by atoms with Gasteiger partial charge in [-0.1, -0.05) is 40.2 Å². The van der Waals surface area contributed by atoms with Gasteiger partial charge in [-0.05, 0) is 29.8 Å². The lowest BCUT2D eigenvalue weighted by Crippen LogP contribution is -2.01. The van der Waals surface area contributed by atoms with E-state index >= 15 is 0 Å². The van der Waals surface area contributed by atoms with E-state index in [2.05, 4.69) is 15.9 Å². The summed E-state index contributed by atoms with van der Waals surface area (Å²) in [6.45, 7) is 0.127. The highest BCUT2D eigenvalue weighted by Crippen LogP contribution is 2.28. The van der Waals surface area contributed by atoms with Gasteiger partial charge in [-0.3, -0.25) is 0 Å². The minimum atomic E-state index is -0.445. The first-order valence-electron chi connectivity index (χ1n) is 7.40. The van der Waals surface area contributed by atoms with Gasteiger partial charge in [0, 0.05) is 16.1 Å². The van der Waals surface area contributed by atoms with Gasteiger partial charge in [0.1, 0.15) is 12.7 Å². The molecule has 2 aromatic carbocycles. The lowest BCUT2D eigenvalue weighted by molar-refractivity contribution is -0.138. The first-order valence-corrected chi connectivity index (χ1v) is 8.19. The van der Waals surface area contributed by atoms with E-state index in [9.17, 15) is 4.79 Å². The number of rotatable bonds is 7. The Balaban J connectivity index is 1.97. The molecule has 0 aliphatic carbocycles. The summed E-state index contributed by atoms with van der Waals surface area (Å²) in [7, 11) is 1.51. The highest BCUT2D eigenvalue weighted by Gasteiger charge is 2.06. The zero-order valence-electron chi connectivity index (χ0n) is 13.6. The van der Waals surface area contributed by atoms with Crippen LogP contribution in [0.25, 0.3) is 6.08 Å². The Morgan fingerprint density at radius 3 is 2.76 bits per heavy atom. The molecule has 0 aliphatic rings. The first-order chi connectivity index (χ1) is 12.1. The molecule has 0 saturated carbocycles. The van der Waals surface area contributed by atoms with Crippen molar-refractivity contribution >= 4 is 28.0 Å². The summed E-state index contributed by atoms with van der Waals surface area (Å²) in [6, 6.07) is 14.6.